The van der Waals surface area contributed by atoms with Gasteiger partial charge in [-0.05, 0) is 18.8 Å². The highest BCUT2D eigenvalue weighted by atomic mass is 16.5. The van der Waals surface area contributed by atoms with Crippen LogP contribution in [0, 0.1) is 5.92 Å². The molecule has 19 heavy (non-hydrogen) atoms. The summed E-state index contributed by atoms with van der Waals surface area (Å²) in [6.07, 6.45) is -0.499. The maximum atomic E-state index is 12.3. The molecule has 0 radical (unpaired) electrons. The van der Waals surface area contributed by atoms with Crippen LogP contribution in [0.5, 0.6) is 0 Å². The molecule has 2 fully saturated rings. The van der Waals surface area contributed by atoms with Crippen LogP contribution in [0.4, 0.5) is 0 Å². The number of carboxylic acid groups (broad SMARTS) is 1. The van der Waals surface area contributed by atoms with Crippen LogP contribution in [0.1, 0.15) is 26.7 Å². The molecule has 2 aliphatic heterocycles. The van der Waals surface area contributed by atoms with Gasteiger partial charge in [0.15, 0.2) is 6.10 Å². The lowest BCUT2D eigenvalue weighted by Crippen LogP contribution is -2.50. The summed E-state index contributed by atoms with van der Waals surface area (Å²) in [6, 6.07) is 0. The molecule has 0 aromatic carbocycles. The number of hydrogen-bond acceptors (Lipinski definition) is 4. The fourth-order valence-corrected chi connectivity index (χ4v) is 2.48. The summed E-state index contributed by atoms with van der Waals surface area (Å²) in [4.78, 5) is 24.8. The van der Waals surface area contributed by atoms with E-state index in [9.17, 15) is 9.59 Å². The van der Waals surface area contributed by atoms with Crippen molar-refractivity contribution in [2.24, 2.45) is 5.92 Å². The third-order valence-electron chi connectivity index (χ3n) is 3.72. The molecule has 108 valence electrons. The molecule has 0 aromatic rings. The Hall–Kier alpha value is -1.14. The summed E-state index contributed by atoms with van der Waals surface area (Å²) in [5.74, 6) is -0.734. The first-order valence-corrected chi connectivity index (χ1v) is 6.77. The van der Waals surface area contributed by atoms with E-state index in [4.69, 9.17) is 14.6 Å². The second-order valence-electron chi connectivity index (χ2n) is 5.47. The van der Waals surface area contributed by atoms with Gasteiger partial charge in [-0.25, -0.2) is 4.79 Å². The van der Waals surface area contributed by atoms with Crippen molar-refractivity contribution in [1.82, 2.24) is 4.90 Å². The second kappa shape index (κ2) is 5.88. The van der Waals surface area contributed by atoms with Crippen molar-refractivity contribution in [3.63, 3.8) is 0 Å². The molecule has 3 atom stereocenters. The average Bonchev–Trinajstić information content (AvgIpc) is 2.87. The monoisotopic (exact) mass is 271 g/mol. The summed E-state index contributed by atoms with van der Waals surface area (Å²) in [6.45, 7) is 5.77. The molecule has 6 nitrogen and oxygen atoms in total. The van der Waals surface area contributed by atoms with Crippen LogP contribution in [0.2, 0.25) is 0 Å². The number of morpholine rings is 1. The van der Waals surface area contributed by atoms with Gasteiger partial charge >= 0.3 is 5.97 Å². The maximum absolute atomic E-state index is 12.3. The molecule has 1 amide bonds. The highest BCUT2D eigenvalue weighted by Gasteiger charge is 2.38. The first-order chi connectivity index (χ1) is 8.99. The van der Waals surface area contributed by atoms with Gasteiger partial charge in [-0.1, -0.05) is 13.8 Å². The standard InChI is InChI=1S/C13H21NO5/c1-8(2)11-7-14(5-6-18-11)12(15)9-3-4-10(19-9)13(16)17/h8-11H,3-7H2,1-2H3,(H,16,17). The van der Waals surface area contributed by atoms with Gasteiger partial charge in [-0.3, -0.25) is 4.79 Å². The molecular formula is C13H21NO5. The summed E-state index contributed by atoms with van der Waals surface area (Å²) < 4.78 is 10.9. The molecule has 2 heterocycles. The van der Waals surface area contributed by atoms with Crippen molar-refractivity contribution >= 4 is 11.9 Å². The molecular weight excluding hydrogens is 250 g/mol. The van der Waals surface area contributed by atoms with E-state index < -0.39 is 18.2 Å². The molecule has 2 rings (SSSR count). The minimum absolute atomic E-state index is 0.0503. The zero-order valence-electron chi connectivity index (χ0n) is 11.4. The fraction of sp³-hybridized carbons (Fsp3) is 0.846. The van der Waals surface area contributed by atoms with Crippen LogP contribution < -0.4 is 0 Å². The zero-order valence-corrected chi connectivity index (χ0v) is 11.4. The van der Waals surface area contributed by atoms with Gasteiger partial charge < -0.3 is 19.5 Å². The van der Waals surface area contributed by atoms with E-state index in [0.29, 0.717) is 38.5 Å². The summed E-state index contributed by atoms with van der Waals surface area (Å²) >= 11 is 0. The highest BCUT2D eigenvalue weighted by Crippen LogP contribution is 2.23. The topological polar surface area (TPSA) is 76.1 Å². The van der Waals surface area contributed by atoms with Crippen molar-refractivity contribution < 1.29 is 24.2 Å². The predicted molar refractivity (Wildman–Crippen MR) is 66.7 cm³/mol. The lowest BCUT2D eigenvalue weighted by molar-refractivity contribution is -0.158. The third kappa shape index (κ3) is 3.25. The molecule has 0 saturated carbocycles. The number of aliphatic carboxylic acids is 1. The molecule has 3 unspecified atom stereocenters. The molecule has 0 spiro atoms. The van der Waals surface area contributed by atoms with E-state index >= 15 is 0 Å². The van der Waals surface area contributed by atoms with Crippen LogP contribution in [-0.2, 0) is 19.1 Å². The highest BCUT2D eigenvalue weighted by molar-refractivity contribution is 5.82. The Balaban J connectivity index is 1.91. The van der Waals surface area contributed by atoms with Crippen LogP contribution in [0.3, 0.4) is 0 Å². The minimum atomic E-state index is -0.989. The third-order valence-corrected chi connectivity index (χ3v) is 3.72. The Kier molecular flexibility index (Phi) is 4.42. The Labute approximate surface area is 112 Å². The van der Waals surface area contributed by atoms with E-state index in [0.717, 1.165) is 0 Å². The van der Waals surface area contributed by atoms with Gasteiger partial charge in [-0.15, -0.1) is 0 Å². The first kappa shape index (κ1) is 14.3. The van der Waals surface area contributed by atoms with Gasteiger partial charge in [0.05, 0.1) is 12.7 Å². The van der Waals surface area contributed by atoms with Crippen LogP contribution in [0.25, 0.3) is 0 Å². The van der Waals surface area contributed by atoms with Gasteiger partial charge in [0.25, 0.3) is 5.91 Å². The fourth-order valence-electron chi connectivity index (χ4n) is 2.48. The van der Waals surface area contributed by atoms with Crippen molar-refractivity contribution in [2.75, 3.05) is 19.7 Å². The minimum Gasteiger partial charge on any atom is -0.479 e. The van der Waals surface area contributed by atoms with Gasteiger partial charge in [0.1, 0.15) is 6.10 Å². The van der Waals surface area contributed by atoms with Crippen molar-refractivity contribution in [3.05, 3.63) is 0 Å². The summed E-state index contributed by atoms with van der Waals surface area (Å²) in [5, 5.41) is 8.87. The van der Waals surface area contributed by atoms with Crippen LogP contribution in [-0.4, -0.2) is 59.9 Å². The normalized spacial score (nSPS) is 31.7. The zero-order chi connectivity index (χ0) is 14.0. The van der Waals surface area contributed by atoms with E-state index in [1.165, 1.54) is 0 Å². The number of carbonyl (C=O) groups is 2. The van der Waals surface area contributed by atoms with E-state index in [1.54, 1.807) is 4.90 Å². The lowest BCUT2D eigenvalue weighted by Gasteiger charge is -2.36. The number of rotatable bonds is 3. The number of carbonyl (C=O) groups excluding carboxylic acids is 1. The van der Waals surface area contributed by atoms with E-state index in [1.807, 2.05) is 0 Å². The molecule has 2 saturated heterocycles. The van der Waals surface area contributed by atoms with Gasteiger partial charge in [0.2, 0.25) is 0 Å². The molecule has 0 aliphatic carbocycles. The van der Waals surface area contributed by atoms with Gasteiger partial charge in [-0.2, -0.15) is 0 Å². The van der Waals surface area contributed by atoms with Crippen LogP contribution >= 0.6 is 0 Å². The SMILES string of the molecule is CC(C)C1CN(C(=O)C2CCC(C(=O)O)O2)CCO1. The number of carboxylic acids is 1. The average molecular weight is 271 g/mol. The Morgan fingerprint density at radius 3 is 2.53 bits per heavy atom. The van der Waals surface area contributed by atoms with Gasteiger partial charge in [0, 0.05) is 13.1 Å². The molecule has 1 N–H and O–H groups in total. The van der Waals surface area contributed by atoms with Crippen molar-refractivity contribution in [3.8, 4) is 0 Å². The second-order valence-corrected chi connectivity index (χ2v) is 5.47. The Morgan fingerprint density at radius 1 is 1.26 bits per heavy atom. The molecule has 0 aromatic heterocycles. The van der Waals surface area contributed by atoms with Crippen molar-refractivity contribution in [1.29, 1.82) is 0 Å². The molecule has 0 bridgehead atoms. The quantitative estimate of drug-likeness (QED) is 0.809. The van der Waals surface area contributed by atoms with Crippen molar-refractivity contribution in [2.45, 2.75) is 45.0 Å². The lowest BCUT2D eigenvalue weighted by atomic mass is 10.0. The predicted octanol–water partition coefficient (Wildman–Crippen LogP) is 0.502. The largest absolute Gasteiger partial charge is 0.479 e. The number of amides is 1. The number of hydrogen-bond donors (Lipinski definition) is 1. The van der Waals surface area contributed by atoms with E-state index in [-0.39, 0.29) is 12.0 Å². The van der Waals surface area contributed by atoms with Crippen LogP contribution in [0.15, 0.2) is 0 Å². The maximum Gasteiger partial charge on any atom is 0.332 e. The first-order valence-electron chi connectivity index (χ1n) is 6.77. The summed E-state index contributed by atoms with van der Waals surface area (Å²) in [7, 11) is 0. The molecule has 2 aliphatic rings. The summed E-state index contributed by atoms with van der Waals surface area (Å²) in [5.41, 5.74) is 0. The Bertz CT molecular complexity index is 357. The van der Waals surface area contributed by atoms with E-state index in [2.05, 4.69) is 13.8 Å². The number of ether oxygens (including phenoxy) is 2. The Morgan fingerprint density at radius 2 is 1.95 bits per heavy atom. The number of nitrogens with zero attached hydrogens (tertiary/aromatic N) is 1. The molecule has 6 heteroatoms. The smallest absolute Gasteiger partial charge is 0.332 e.